The number of halogens is 3. The third kappa shape index (κ3) is 6.92. The molecule has 0 radical (unpaired) electrons. The van der Waals surface area contributed by atoms with E-state index in [0.717, 1.165) is 11.1 Å². The lowest BCUT2D eigenvalue weighted by Gasteiger charge is -2.25. The minimum Gasteiger partial charge on any atom is -0.484 e. The van der Waals surface area contributed by atoms with Gasteiger partial charge >= 0.3 is 0 Å². The number of carbonyl (C=O) groups excluding carboxylic acids is 1. The van der Waals surface area contributed by atoms with E-state index >= 15 is 0 Å². The number of carbonyl (C=O) groups is 1. The Hall–Kier alpha value is -3.40. The number of amides is 1. The van der Waals surface area contributed by atoms with Crippen molar-refractivity contribution in [2.75, 3.05) is 16.2 Å². The Bertz CT molecular complexity index is 1530. The van der Waals surface area contributed by atoms with Gasteiger partial charge in [-0.15, -0.1) is 0 Å². The van der Waals surface area contributed by atoms with Crippen molar-refractivity contribution in [3.05, 3.63) is 117 Å². The molecule has 0 spiro atoms. The maximum absolute atomic E-state index is 14.0. The molecule has 0 bridgehead atoms. The molecule has 4 rings (SSSR count). The summed E-state index contributed by atoms with van der Waals surface area (Å²) in [6.07, 6.45) is 0. The fourth-order valence-electron chi connectivity index (χ4n) is 3.54. The molecular formula is C28H23BrClFN2O4S. The van der Waals surface area contributed by atoms with Crippen LogP contribution in [0.5, 0.6) is 5.75 Å². The number of benzene rings is 4. The molecule has 4 aromatic carbocycles. The predicted molar refractivity (Wildman–Crippen MR) is 151 cm³/mol. The molecule has 1 amide bonds. The van der Waals surface area contributed by atoms with E-state index in [9.17, 15) is 17.6 Å². The first-order chi connectivity index (χ1) is 18.1. The summed E-state index contributed by atoms with van der Waals surface area (Å²) in [5.74, 6) is -0.770. The minimum absolute atomic E-state index is 0.0382. The first-order valence-corrected chi connectivity index (χ1v) is 14.0. The monoisotopic (exact) mass is 616 g/mol. The van der Waals surface area contributed by atoms with Crippen molar-refractivity contribution >= 4 is 54.8 Å². The molecule has 0 fully saturated rings. The van der Waals surface area contributed by atoms with E-state index in [-0.39, 0.29) is 23.7 Å². The lowest BCUT2D eigenvalue weighted by atomic mass is 10.2. The van der Waals surface area contributed by atoms with Crippen molar-refractivity contribution in [3.8, 4) is 5.75 Å². The number of nitrogens with zero attached hydrogens (tertiary/aromatic N) is 1. The first kappa shape index (κ1) is 27.6. The quantitative estimate of drug-likeness (QED) is 0.220. The van der Waals surface area contributed by atoms with Crippen LogP contribution in [0, 0.1) is 12.7 Å². The Balaban J connectivity index is 1.52. The van der Waals surface area contributed by atoms with Gasteiger partial charge in [0.25, 0.3) is 15.9 Å². The summed E-state index contributed by atoms with van der Waals surface area (Å²) in [4.78, 5) is 12.4. The fourth-order valence-corrected chi connectivity index (χ4v) is 5.45. The van der Waals surface area contributed by atoms with Gasteiger partial charge in [0.1, 0.15) is 11.6 Å². The minimum atomic E-state index is -3.90. The van der Waals surface area contributed by atoms with Crippen LogP contribution >= 0.6 is 27.5 Å². The van der Waals surface area contributed by atoms with Crippen molar-refractivity contribution in [1.82, 2.24) is 0 Å². The summed E-state index contributed by atoms with van der Waals surface area (Å²) in [6.45, 7) is 1.61. The Morgan fingerprint density at radius 3 is 2.26 bits per heavy atom. The molecule has 6 nitrogen and oxygen atoms in total. The van der Waals surface area contributed by atoms with Crippen molar-refractivity contribution in [2.45, 2.75) is 18.4 Å². The second-order valence-electron chi connectivity index (χ2n) is 8.41. The molecule has 0 unspecified atom stereocenters. The Kier molecular flexibility index (Phi) is 8.71. The van der Waals surface area contributed by atoms with E-state index in [1.165, 1.54) is 16.4 Å². The number of sulfonamides is 1. The van der Waals surface area contributed by atoms with Gasteiger partial charge in [0.05, 0.1) is 22.8 Å². The highest BCUT2D eigenvalue weighted by atomic mass is 79.9. The van der Waals surface area contributed by atoms with Gasteiger partial charge in [-0.05, 0) is 79.2 Å². The highest BCUT2D eigenvalue weighted by Gasteiger charge is 2.25. The van der Waals surface area contributed by atoms with E-state index in [1.54, 1.807) is 78.9 Å². The van der Waals surface area contributed by atoms with Gasteiger partial charge in [-0.3, -0.25) is 9.10 Å². The van der Waals surface area contributed by atoms with Crippen LogP contribution < -0.4 is 14.4 Å². The van der Waals surface area contributed by atoms with Crippen LogP contribution in [0.1, 0.15) is 11.1 Å². The number of nitrogens with one attached hydrogen (secondary N) is 1. The van der Waals surface area contributed by atoms with Crippen molar-refractivity contribution < 1.29 is 22.3 Å². The van der Waals surface area contributed by atoms with E-state index in [2.05, 4.69) is 21.2 Å². The second kappa shape index (κ2) is 12.0. The Morgan fingerprint density at radius 1 is 0.974 bits per heavy atom. The zero-order chi connectivity index (χ0) is 27.3. The average molecular weight is 618 g/mol. The zero-order valence-electron chi connectivity index (χ0n) is 20.2. The Morgan fingerprint density at radius 2 is 1.63 bits per heavy atom. The predicted octanol–water partition coefficient (Wildman–Crippen LogP) is 6.96. The molecule has 0 aliphatic heterocycles. The smallest absolute Gasteiger partial charge is 0.264 e. The molecular weight excluding hydrogens is 595 g/mol. The standard InChI is InChI=1S/C28H23BrClFN2O4S/c1-19-2-13-25(14-3-19)38(35,36)33(17-20-4-7-22(30)8-5-20)23-9-11-24(12-10-23)37-18-28(34)32-27-15-6-21(29)16-26(27)31/h2-16H,17-18H2,1H3,(H,32,34). The summed E-state index contributed by atoms with van der Waals surface area (Å²) >= 11 is 9.17. The molecule has 4 aromatic rings. The molecule has 0 aromatic heterocycles. The summed E-state index contributed by atoms with van der Waals surface area (Å²) in [6, 6.07) is 24.2. The summed E-state index contributed by atoms with van der Waals surface area (Å²) in [5.41, 5.74) is 2.15. The van der Waals surface area contributed by atoms with Crippen LogP contribution in [0.15, 0.2) is 100 Å². The molecule has 0 saturated carbocycles. The molecule has 0 aliphatic rings. The number of anilines is 2. The van der Waals surface area contributed by atoms with Gasteiger partial charge in [-0.1, -0.05) is 57.4 Å². The van der Waals surface area contributed by atoms with E-state index < -0.39 is 21.7 Å². The third-order valence-electron chi connectivity index (χ3n) is 5.55. The zero-order valence-corrected chi connectivity index (χ0v) is 23.4. The molecule has 0 atom stereocenters. The summed E-state index contributed by atoms with van der Waals surface area (Å²) < 4.78 is 48.6. The summed E-state index contributed by atoms with van der Waals surface area (Å²) in [7, 11) is -3.90. The number of aryl methyl sites for hydroxylation is 1. The van der Waals surface area contributed by atoms with Gasteiger partial charge in [0.15, 0.2) is 6.61 Å². The second-order valence-corrected chi connectivity index (χ2v) is 11.6. The maximum Gasteiger partial charge on any atom is 0.264 e. The van der Waals surface area contributed by atoms with E-state index in [1.807, 2.05) is 6.92 Å². The maximum atomic E-state index is 14.0. The number of rotatable bonds is 9. The third-order valence-corrected chi connectivity index (χ3v) is 8.08. The van der Waals surface area contributed by atoms with Gasteiger partial charge in [0.2, 0.25) is 0 Å². The number of ether oxygens (including phenoxy) is 1. The van der Waals surface area contributed by atoms with Crippen LogP contribution in [0.3, 0.4) is 0 Å². The van der Waals surface area contributed by atoms with Gasteiger partial charge < -0.3 is 10.1 Å². The number of hydrogen-bond donors (Lipinski definition) is 1. The summed E-state index contributed by atoms with van der Waals surface area (Å²) in [5, 5.41) is 3.00. The van der Waals surface area contributed by atoms with Crippen LogP contribution in [-0.2, 0) is 21.4 Å². The largest absolute Gasteiger partial charge is 0.484 e. The molecule has 0 aliphatic carbocycles. The number of hydrogen-bond acceptors (Lipinski definition) is 4. The van der Waals surface area contributed by atoms with Crippen molar-refractivity contribution in [3.63, 3.8) is 0 Å². The molecule has 1 N–H and O–H groups in total. The van der Waals surface area contributed by atoms with Crippen LogP contribution in [0.25, 0.3) is 0 Å². The Labute approximate surface area is 234 Å². The van der Waals surface area contributed by atoms with Crippen LogP contribution in [-0.4, -0.2) is 20.9 Å². The molecule has 38 heavy (non-hydrogen) atoms. The van der Waals surface area contributed by atoms with E-state index in [4.69, 9.17) is 16.3 Å². The highest BCUT2D eigenvalue weighted by molar-refractivity contribution is 9.10. The van der Waals surface area contributed by atoms with E-state index in [0.29, 0.717) is 20.9 Å². The van der Waals surface area contributed by atoms with Crippen LogP contribution in [0.2, 0.25) is 5.02 Å². The fraction of sp³-hybridized carbons (Fsp3) is 0.107. The molecule has 0 saturated heterocycles. The van der Waals surface area contributed by atoms with Crippen LogP contribution in [0.4, 0.5) is 15.8 Å². The average Bonchev–Trinajstić information content (AvgIpc) is 2.89. The first-order valence-electron chi connectivity index (χ1n) is 11.4. The SMILES string of the molecule is Cc1ccc(S(=O)(=O)N(Cc2ccc(Cl)cc2)c2ccc(OCC(=O)Nc3ccc(Br)cc3F)cc2)cc1. The van der Waals surface area contributed by atoms with Gasteiger partial charge in [-0.25, -0.2) is 12.8 Å². The normalized spacial score (nSPS) is 11.2. The molecule has 10 heteroatoms. The topological polar surface area (TPSA) is 75.7 Å². The lowest BCUT2D eigenvalue weighted by molar-refractivity contribution is -0.118. The van der Waals surface area contributed by atoms with Gasteiger partial charge in [-0.2, -0.15) is 0 Å². The molecule has 196 valence electrons. The highest BCUT2D eigenvalue weighted by Crippen LogP contribution is 2.28. The van der Waals surface area contributed by atoms with Crippen molar-refractivity contribution in [2.24, 2.45) is 0 Å². The van der Waals surface area contributed by atoms with Crippen molar-refractivity contribution in [1.29, 1.82) is 0 Å². The van der Waals surface area contributed by atoms with Gasteiger partial charge in [0, 0.05) is 9.50 Å². The molecule has 0 heterocycles. The lowest BCUT2D eigenvalue weighted by Crippen LogP contribution is -2.30.